The molecule has 0 amide bonds. The molecule has 0 unspecified atom stereocenters. The van der Waals surface area contributed by atoms with Gasteiger partial charge in [-0.25, -0.2) is 0 Å². The molecule has 0 radical (unpaired) electrons. The van der Waals surface area contributed by atoms with Gasteiger partial charge in [0.25, 0.3) is 0 Å². The van der Waals surface area contributed by atoms with Crippen LogP contribution in [0.15, 0.2) is 47.3 Å². The Labute approximate surface area is 146 Å². The second kappa shape index (κ2) is 7.16. The molecule has 130 valence electrons. The molecule has 7 nitrogen and oxygen atoms in total. The fraction of sp³-hybridized carbons (Fsp3) is 0.389. The number of aromatic nitrogens is 4. The summed E-state index contributed by atoms with van der Waals surface area (Å²) in [5, 5.41) is 8.52. The summed E-state index contributed by atoms with van der Waals surface area (Å²) in [5.74, 6) is 1.19. The monoisotopic (exact) mass is 339 g/mol. The van der Waals surface area contributed by atoms with Crippen LogP contribution in [-0.2, 0) is 31.5 Å². The summed E-state index contributed by atoms with van der Waals surface area (Å²) >= 11 is 0. The van der Waals surface area contributed by atoms with E-state index >= 15 is 0 Å². The van der Waals surface area contributed by atoms with E-state index in [1.165, 1.54) is 5.69 Å². The third-order valence-electron chi connectivity index (χ3n) is 4.45. The molecular weight excluding hydrogens is 318 g/mol. The molecule has 1 aliphatic heterocycles. The molecule has 4 heterocycles. The Balaban J connectivity index is 1.44. The number of furan rings is 1. The lowest BCUT2D eigenvalue weighted by Crippen LogP contribution is -2.35. The summed E-state index contributed by atoms with van der Waals surface area (Å²) < 4.78 is 13.3. The van der Waals surface area contributed by atoms with Crippen molar-refractivity contribution in [2.75, 3.05) is 13.2 Å². The van der Waals surface area contributed by atoms with Crippen molar-refractivity contribution in [3.8, 4) is 0 Å². The van der Waals surface area contributed by atoms with Crippen LogP contribution >= 0.6 is 0 Å². The number of pyridine rings is 1. The van der Waals surface area contributed by atoms with Crippen LogP contribution in [0.5, 0.6) is 0 Å². The van der Waals surface area contributed by atoms with Gasteiger partial charge in [0, 0.05) is 38.4 Å². The van der Waals surface area contributed by atoms with Gasteiger partial charge in [-0.1, -0.05) is 11.3 Å². The Morgan fingerprint density at radius 1 is 1.32 bits per heavy atom. The van der Waals surface area contributed by atoms with Crippen molar-refractivity contribution < 1.29 is 9.15 Å². The topological polar surface area (TPSA) is 69.2 Å². The molecule has 3 aromatic heterocycles. The summed E-state index contributed by atoms with van der Waals surface area (Å²) in [6.07, 6.45) is 5.31. The SMILES string of the molecule is Cn1nnc2c1[C@@H](COCc1cccnc1)CN(Cc1ccco1)C2. The lowest BCUT2D eigenvalue weighted by Gasteiger charge is -2.31. The first-order valence-electron chi connectivity index (χ1n) is 8.39. The summed E-state index contributed by atoms with van der Waals surface area (Å²) in [4.78, 5) is 6.45. The molecule has 0 fully saturated rings. The maximum atomic E-state index is 5.96. The number of aryl methyl sites for hydroxylation is 1. The largest absolute Gasteiger partial charge is 0.468 e. The van der Waals surface area contributed by atoms with E-state index in [0.29, 0.717) is 13.2 Å². The van der Waals surface area contributed by atoms with Crippen molar-refractivity contribution in [2.24, 2.45) is 7.05 Å². The van der Waals surface area contributed by atoms with Gasteiger partial charge in [0.2, 0.25) is 0 Å². The van der Waals surface area contributed by atoms with Crippen LogP contribution in [0.4, 0.5) is 0 Å². The van der Waals surface area contributed by atoms with Crippen LogP contribution < -0.4 is 0 Å². The highest BCUT2D eigenvalue weighted by atomic mass is 16.5. The zero-order valence-electron chi connectivity index (χ0n) is 14.2. The van der Waals surface area contributed by atoms with Crippen LogP contribution in [0.1, 0.15) is 28.6 Å². The first-order valence-corrected chi connectivity index (χ1v) is 8.39. The average Bonchev–Trinajstić information content (AvgIpc) is 3.26. The van der Waals surface area contributed by atoms with Crippen LogP contribution in [-0.4, -0.2) is 38.0 Å². The van der Waals surface area contributed by atoms with Gasteiger partial charge in [-0.3, -0.25) is 14.6 Å². The molecule has 0 saturated carbocycles. The highest BCUT2D eigenvalue weighted by molar-refractivity contribution is 5.20. The maximum absolute atomic E-state index is 5.96. The molecule has 1 aliphatic rings. The minimum Gasteiger partial charge on any atom is -0.468 e. The molecule has 4 rings (SSSR count). The molecule has 0 saturated heterocycles. The first kappa shape index (κ1) is 16.0. The lowest BCUT2D eigenvalue weighted by atomic mass is 9.99. The predicted octanol–water partition coefficient (Wildman–Crippen LogP) is 2.12. The summed E-state index contributed by atoms with van der Waals surface area (Å²) in [7, 11) is 1.95. The van der Waals surface area contributed by atoms with Gasteiger partial charge in [0.15, 0.2) is 0 Å². The smallest absolute Gasteiger partial charge is 0.117 e. The van der Waals surface area contributed by atoms with Crippen LogP contribution in [0.2, 0.25) is 0 Å². The summed E-state index contributed by atoms with van der Waals surface area (Å²) in [6.45, 7) is 3.62. The van der Waals surface area contributed by atoms with Crippen molar-refractivity contribution in [3.05, 3.63) is 65.6 Å². The number of rotatable bonds is 6. The molecular formula is C18H21N5O2. The Bertz CT molecular complexity index is 800. The minimum atomic E-state index is 0.232. The molecule has 0 bridgehead atoms. The molecule has 0 aromatic carbocycles. The highest BCUT2D eigenvalue weighted by Gasteiger charge is 2.30. The molecule has 25 heavy (non-hydrogen) atoms. The number of nitrogens with zero attached hydrogens (tertiary/aromatic N) is 5. The summed E-state index contributed by atoms with van der Waals surface area (Å²) in [6, 6.07) is 7.86. The Hall–Kier alpha value is -2.51. The van der Waals surface area contributed by atoms with E-state index in [-0.39, 0.29) is 5.92 Å². The van der Waals surface area contributed by atoms with E-state index in [2.05, 4.69) is 20.2 Å². The third-order valence-corrected chi connectivity index (χ3v) is 4.45. The van der Waals surface area contributed by atoms with E-state index in [1.54, 1.807) is 12.5 Å². The zero-order chi connectivity index (χ0) is 17.1. The third kappa shape index (κ3) is 3.62. The first-order chi connectivity index (χ1) is 12.3. The van der Waals surface area contributed by atoms with Crippen LogP contribution in [0, 0.1) is 0 Å². The minimum absolute atomic E-state index is 0.232. The van der Waals surface area contributed by atoms with E-state index in [0.717, 1.165) is 36.7 Å². The van der Waals surface area contributed by atoms with Crippen molar-refractivity contribution in [1.29, 1.82) is 0 Å². The molecule has 7 heteroatoms. The van der Waals surface area contributed by atoms with Gasteiger partial charge in [-0.2, -0.15) is 0 Å². The van der Waals surface area contributed by atoms with Gasteiger partial charge in [0.1, 0.15) is 11.5 Å². The molecule has 3 aromatic rings. The van der Waals surface area contributed by atoms with E-state index < -0.39 is 0 Å². The fourth-order valence-corrected chi connectivity index (χ4v) is 3.37. The number of fused-ring (bicyclic) bond motifs is 1. The van der Waals surface area contributed by atoms with Gasteiger partial charge >= 0.3 is 0 Å². The van der Waals surface area contributed by atoms with E-state index in [4.69, 9.17) is 9.15 Å². The van der Waals surface area contributed by atoms with Crippen molar-refractivity contribution >= 4 is 0 Å². The van der Waals surface area contributed by atoms with E-state index in [9.17, 15) is 0 Å². The second-order valence-electron chi connectivity index (χ2n) is 6.37. The van der Waals surface area contributed by atoms with Crippen molar-refractivity contribution in [1.82, 2.24) is 24.9 Å². The Morgan fingerprint density at radius 3 is 3.08 bits per heavy atom. The van der Waals surface area contributed by atoms with Crippen molar-refractivity contribution in [2.45, 2.75) is 25.6 Å². The second-order valence-corrected chi connectivity index (χ2v) is 6.37. The van der Waals surface area contributed by atoms with Gasteiger partial charge in [0.05, 0.1) is 31.7 Å². The Morgan fingerprint density at radius 2 is 2.28 bits per heavy atom. The van der Waals surface area contributed by atoms with Gasteiger partial charge in [-0.05, 0) is 23.8 Å². The molecule has 1 atom stereocenters. The zero-order valence-corrected chi connectivity index (χ0v) is 14.2. The quantitative estimate of drug-likeness (QED) is 0.685. The fourth-order valence-electron chi connectivity index (χ4n) is 3.37. The van der Waals surface area contributed by atoms with Gasteiger partial charge < -0.3 is 9.15 Å². The number of ether oxygens (including phenoxy) is 1. The number of hydrogen-bond acceptors (Lipinski definition) is 6. The van der Waals surface area contributed by atoms with Crippen LogP contribution in [0.25, 0.3) is 0 Å². The molecule has 0 N–H and O–H groups in total. The lowest BCUT2D eigenvalue weighted by molar-refractivity contribution is 0.0812. The standard InChI is InChI=1S/C18H21N5O2/c1-22-18-15(13-24-12-14-4-2-6-19-8-14)9-23(11-17(18)20-21-22)10-16-5-3-7-25-16/h2-8,15H,9-13H2,1H3/t15-/m1/s1. The van der Waals surface area contributed by atoms with E-state index in [1.807, 2.05) is 42.2 Å². The average molecular weight is 339 g/mol. The number of hydrogen-bond donors (Lipinski definition) is 0. The van der Waals surface area contributed by atoms with Gasteiger partial charge in [-0.15, -0.1) is 5.10 Å². The normalized spacial score (nSPS) is 17.6. The predicted molar refractivity (Wildman–Crippen MR) is 90.5 cm³/mol. The van der Waals surface area contributed by atoms with Crippen LogP contribution in [0.3, 0.4) is 0 Å². The highest BCUT2D eigenvalue weighted by Crippen LogP contribution is 2.28. The van der Waals surface area contributed by atoms with Crippen molar-refractivity contribution in [3.63, 3.8) is 0 Å². The Kier molecular flexibility index (Phi) is 4.58. The molecule has 0 aliphatic carbocycles. The summed E-state index contributed by atoms with van der Waals surface area (Å²) in [5.41, 5.74) is 3.27. The maximum Gasteiger partial charge on any atom is 0.117 e. The molecule has 0 spiro atoms.